The number of aromatic nitrogens is 3. The molecule has 1 aliphatic rings. The SMILES string of the molecule is CSc1sc(-c2ccn(C)n2)c2c1-c1onc(C)c1CC2. The first-order valence-electron chi connectivity index (χ1n) is 6.84. The van der Waals surface area contributed by atoms with Gasteiger partial charge in [-0.2, -0.15) is 5.10 Å². The van der Waals surface area contributed by atoms with E-state index in [2.05, 4.69) is 22.6 Å². The van der Waals surface area contributed by atoms with Gasteiger partial charge in [0.2, 0.25) is 0 Å². The number of nitrogens with zero attached hydrogens (tertiary/aromatic N) is 3. The average molecular weight is 317 g/mol. The van der Waals surface area contributed by atoms with Crippen LogP contribution in [-0.4, -0.2) is 21.2 Å². The number of thioether (sulfide) groups is 1. The second-order valence-electron chi connectivity index (χ2n) is 5.23. The Labute approximate surface area is 131 Å². The van der Waals surface area contributed by atoms with E-state index in [1.807, 2.05) is 36.2 Å². The third-order valence-electron chi connectivity index (χ3n) is 3.94. The molecule has 1 aliphatic carbocycles. The van der Waals surface area contributed by atoms with E-state index in [1.54, 1.807) is 11.8 Å². The molecule has 0 radical (unpaired) electrons. The normalized spacial score (nSPS) is 13.3. The van der Waals surface area contributed by atoms with Crippen LogP contribution in [0, 0.1) is 6.92 Å². The molecular formula is C15H15N3OS2. The van der Waals surface area contributed by atoms with Gasteiger partial charge in [0.1, 0.15) is 5.69 Å². The lowest BCUT2D eigenvalue weighted by Crippen LogP contribution is -2.02. The van der Waals surface area contributed by atoms with Crippen LogP contribution in [0.1, 0.15) is 16.8 Å². The summed E-state index contributed by atoms with van der Waals surface area (Å²) in [5.74, 6) is 0.969. The fourth-order valence-electron chi connectivity index (χ4n) is 2.93. The van der Waals surface area contributed by atoms with Gasteiger partial charge in [-0.3, -0.25) is 4.68 Å². The van der Waals surface area contributed by atoms with Crippen molar-refractivity contribution >= 4 is 23.1 Å². The number of hydrogen-bond acceptors (Lipinski definition) is 5. The van der Waals surface area contributed by atoms with Crippen LogP contribution in [-0.2, 0) is 19.9 Å². The molecule has 0 N–H and O–H groups in total. The molecule has 0 saturated heterocycles. The molecule has 108 valence electrons. The van der Waals surface area contributed by atoms with Crippen LogP contribution in [0.15, 0.2) is 21.0 Å². The van der Waals surface area contributed by atoms with Gasteiger partial charge in [-0.05, 0) is 37.7 Å². The van der Waals surface area contributed by atoms with Gasteiger partial charge in [0, 0.05) is 24.4 Å². The summed E-state index contributed by atoms with van der Waals surface area (Å²) in [7, 11) is 1.96. The molecule has 0 aliphatic heterocycles. The lowest BCUT2D eigenvalue weighted by Gasteiger charge is -2.12. The molecule has 0 fully saturated rings. The average Bonchev–Trinajstić information content (AvgIpc) is 3.15. The summed E-state index contributed by atoms with van der Waals surface area (Å²) in [5.41, 5.74) is 5.96. The van der Waals surface area contributed by atoms with Crippen LogP contribution in [0.5, 0.6) is 0 Å². The van der Waals surface area contributed by atoms with Gasteiger partial charge in [-0.15, -0.1) is 23.1 Å². The number of rotatable bonds is 2. The molecule has 0 atom stereocenters. The van der Waals surface area contributed by atoms with E-state index in [1.165, 1.54) is 25.8 Å². The molecule has 0 aromatic carbocycles. The Morgan fingerprint density at radius 2 is 2.14 bits per heavy atom. The minimum absolute atomic E-state index is 0.969. The van der Waals surface area contributed by atoms with Gasteiger partial charge < -0.3 is 4.52 Å². The van der Waals surface area contributed by atoms with Crippen molar-refractivity contribution in [3.05, 3.63) is 29.1 Å². The molecule has 21 heavy (non-hydrogen) atoms. The highest BCUT2D eigenvalue weighted by Gasteiger charge is 2.30. The highest BCUT2D eigenvalue weighted by atomic mass is 32.2. The predicted octanol–water partition coefficient (Wildman–Crippen LogP) is 3.93. The van der Waals surface area contributed by atoms with Crippen LogP contribution in [0.4, 0.5) is 0 Å². The standard InChI is InChI=1S/C15H15N3OS2/c1-8-9-4-5-10-12(13(9)19-17-8)15(20-3)21-14(10)11-6-7-18(2)16-11/h6-7H,4-5H2,1-3H3. The summed E-state index contributed by atoms with van der Waals surface area (Å²) in [6.07, 6.45) is 6.15. The lowest BCUT2D eigenvalue weighted by molar-refractivity contribution is 0.425. The number of fused-ring (bicyclic) bond motifs is 3. The van der Waals surface area contributed by atoms with Gasteiger partial charge in [0.25, 0.3) is 0 Å². The van der Waals surface area contributed by atoms with Gasteiger partial charge in [-0.1, -0.05) is 5.16 Å². The zero-order valence-electron chi connectivity index (χ0n) is 12.1. The van der Waals surface area contributed by atoms with Crippen LogP contribution < -0.4 is 0 Å². The van der Waals surface area contributed by atoms with Crippen molar-refractivity contribution in [1.29, 1.82) is 0 Å². The summed E-state index contributed by atoms with van der Waals surface area (Å²) >= 11 is 3.59. The summed E-state index contributed by atoms with van der Waals surface area (Å²) in [4.78, 5) is 1.27. The molecular weight excluding hydrogens is 302 g/mol. The minimum atomic E-state index is 0.969. The molecule has 0 saturated carbocycles. The fourth-order valence-corrected chi connectivity index (χ4v) is 4.97. The summed E-state index contributed by atoms with van der Waals surface area (Å²) in [6.45, 7) is 2.03. The Bertz CT molecular complexity index is 828. The summed E-state index contributed by atoms with van der Waals surface area (Å²) in [6, 6.07) is 2.08. The smallest absolute Gasteiger partial charge is 0.172 e. The van der Waals surface area contributed by atoms with Crippen molar-refractivity contribution < 1.29 is 4.52 Å². The van der Waals surface area contributed by atoms with Gasteiger partial charge in [0.05, 0.1) is 14.8 Å². The molecule has 6 heteroatoms. The van der Waals surface area contributed by atoms with Crippen molar-refractivity contribution in [2.24, 2.45) is 7.05 Å². The zero-order chi connectivity index (χ0) is 14.6. The first kappa shape index (κ1) is 13.2. The maximum Gasteiger partial charge on any atom is 0.172 e. The van der Waals surface area contributed by atoms with Crippen molar-refractivity contribution in [3.8, 4) is 21.9 Å². The second-order valence-corrected chi connectivity index (χ2v) is 7.32. The maximum absolute atomic E-state index is 5.63. The first-order valence-corrected chi connectivity index (χ1v) is 8.88. The monoisotopic (exact) mass is 317 g/mol. The third-order valence-corrected chi connectivity index (χ3v) is 6.32. The van der Waals surface area contributed by atoms with Crippen LogP contribution in [0.3, 0.4) is 0 Å². The summed E-state index contributed by atoms with van der Waals surface area (Å²) < 4.78 is 8.78. The van der Waals surface area contributed by atoms with Crippen LogP contribution in [0.2, 0.25) is 0 Å². The van der Waals surface area contributed by atoms with E-state index in [4.69, 9.17) is 4.52 Å². The molecule has 0 amide bonds. The highest BCUT2D eigenvalue weighted by molar-refractivity contribution is 8.00. The Kier molecular flexibility index (Phi) is 2.97. The number of thiophene rings is 1. The zero-order valence-corrected chi connectivity index (χ0v) is 13.8. The van der Waals surface area contributed by atoms with Crippen molar-refractivity contribution in [1.82, 2.24) is 14.9 Å². The van der Waals surface area contributed by atoms with Crippen molar-refractivity contribution in [3.63, 3.8) is 0 Å². The van der Waals surface area contributed by atoms with Gasteiger partial charge in [0.15, 0.2) is 5.76 Å². The van der Waals surface area contributed by atoms with E-state index >= 15 is 0 Å². The Hall–Kier alpha value is -1.53. The lowest BCUT2D eigenvalue weighted by atomic mass is 9.91. The molecule has 4 nitrogen and oxygen atoms in total. The van der Waals surface area contributed by atoms with E-state index in [0.29, 0.717) is 0 Å². The molecule has 3 heterocycles. The minimum Gasteiger partial charge on any atom is -0.356 e. The molecule has 4 rings (SSSR count). The van der Waals surface area contributed by atoms with E-state index in [0.717, 1.165) is 30.0 Å². The van der Waals surface area contributed by atoms with Crippen molar-refractivity contribution in [2.75, 3.05) is 6.26 Å². The van der Waals surface area contributed by atoms with Crippen LogP contribution in [0.25, 0.3) is 21.9 Å². The number of aryl methyl sites for hydroxylation is 2. The number of hydrogen-bond donors (Lipinski definition) is 0. The second kappa shape index (κ2) is 4.74. The highest BCUT2D eigenvalue weighted by Crippen LogP contribution is 2.49. The Morgan fingerprint density at radius 1 is 1.33 bits per heavy atom. The van der Waals surface area contributed by atoms with Crippen LogP contribution >= 0.6 is 23.1 Å². The third kappa shape index (κ3) is 1.89. The summed E-state index contributed by atoms with van der Waals surface area (Å²) in [5, 5.41) is 8.73. The molecule has 0 bridgehead atoms. The fraction of sp³-hybridized carbons (Fsp3) is 0.333. The molecule has 3 aromatic rings. The topological polar surface area (TPSA) is 43.9 Å². The largest absolute Gasteiger partial charge is 0.356 e. The Morgan fingerprint density at radius 3 is 2.86 bits per heavy atom. The first-order chi connectivity index (χ1) is 10.2. The molecule has 0 spiro atoms. The quantitative estimate of drug-likeness (QED) is 0.672. The molecule has 0 unspecified atom stereocenters. The predicted molar refractivity (Wildman–Crippen MR) is 85.9 cm³/mol. The molecule has 3 aromatic heterocycles. The maximum atomic E-state index is 5.63. The van der Waals surface area contributed by atoms with E-state index in [-0.39, 0.29) is 0 Å². The van der Waals surface area contributed by atoms with Crippen molar-refractivity contribution in [2.45, 2.75) is 24.0 Å². The van der Waals surface area contributed by atoms with E-state index < -0.39 is 0 Å². The van der Waals surface area contributed by atoms with E-state index in [9.17, 15) is 0 Å². The Balaban J connectivity index is 1.97. The van der Waals surface area contributed by atoms with Gasteiger partial charge in [-0.25, -0.2) is 0 Å². The van der Waals surface area contributed by atoms with Gasteiger partial charge >= 0.3 is 0 Å².